The number of ether oxygens (including phenoxy) is 1. The van der Waals surface area contributed by atoms with Gasteiger partial charge in [-0.3, -0.25) is 0 Å². The maximum Gasteiger partial charge on any atom is 0.419 e. The Kier molecular flexibility index (Phi) is 3.84. The summed E-state index contributed by atoms with van der Waals surface area (Å²) >= 11 is 0. The quantitative estimate of drug-likeness (QED) is 0.858. The number of carboxylic acid groups (broad SMARTS) is 1. The zero-order valence-electron chi connectivity index (χ0n) is 10.3. The lowest BCUT2D eigenvalue weighted by Crippen LogP contribution is -2.08. The van der Waals surface area contributed by atoms with Crippen LogP contribution in [0.3, 0.4) is 0 Å². The van der Waals surface area contributed by atoms with Crippen molar-refractivity contribution in [3.05, 3.63) is 59.4 Å². The Morgan fingerprint density at radius 3 is 2.33 bits per heavy atom. The minimum absolute atomic E-state index is 0.0367. The first-order valence-corrected chi connectivity index (χ1v) is 5.65. The van der Waals surface area contributed by atoms with E-state index in [2.05, 4.69) is 0 Å². The summed E-state index contributed by atoms with van der Waals surface area (Å²) in [7, 11) is 0. The van der Waals surface area contributed by atoms with Crippen molar-refractivity contribution in [3.63, 3.8) is 0 Å². The molecule has 0 fully saturated rings. The van der Waals surface area contributed by atoms with Gasteiger partial charge in [0, 0.05) is 0 Å². The van der Waals surface area contributed by atoms with Gasteiger partial charge in [-0.2, -0.15) is 13.2 Å². The largest absolute Gasteiger partial charge is 0.478 e. The molecule has 0 saturated carbocycles. The van der Waals surface area contributed by atoms with Crippen LogP contribution in [-0.2, 0) is 6.18 Å². The smallest absolute Gasteiger partial charge is 0.419 e. The van der Waals surface area contributed by atoms with Crippen LogP contribution in [0.2, 0.25) is 0 Å². The molecule has 1 N–H and O–H groups in total. The fourth-order valence-electron chi connectivity index (χ4n) is 1.61. The molecule has 2 aromatic carbocycles. The van der Waals surface area contributed by atoms with Crippen LogP contribution in [0.15, 0.2) is 42.5 Å². The fraction of sp³-hybridized carbons (Fsp3) is 0.0714. The van der Waals surface area contributed by atoms with Crippen LogP contribution in [0.1, 0.15) is 15.9 Å². The molecule has 0 spiro atoms. The molecular formula is C14H8F4O3. The Morgan fingerprint density at radius 2 is 1.71 bits per heavy atom. The lowest BCUT2D eigenvalue weighted by Gasteiger charge is -2.11. The standard InChI is InChI=1S/C14H8F4O3/c15-12-5-4-10(7-11(12)14(16,17)18)21-9-3-1-2-8(6-9)13(19)20/h1-7H,(H,19,20). The molecule has 0 heterocycles. The minimum Gasteiger partial charge on any atom is -0.478 e. The first kappa shape index (κ1) is 14.8. The van der Waals surface area contributed by atoms with E-state index < -0.39 is 23.5 Å². The van der Waals surface area contributed by atoms with Gasteiger partial charge in [0.2, 0.25) is 0 Å². The van der Waals surface area contributed by atoms with Crippen LogP contribution >= 0.6 is 0 Å². The molecule has 0 unspecified atom stereocenters. The van der Waals surface area contributed by atoms with Gasteiger partial charge < -0.3 is 9.84 Å². The highest BCUT2D eigenvalue weighted by molar-refractivity contribution is 5.88. The average molecular weight is 300 g/mol. The van der Waals surface area contributed by atoms with Gasteiger partial charge in [0.1, 0.15) is 17.3 Å². The summed E-state index contributed by atoms with van der Waals surface area (Å²) in [6, 6.07) is 7.40. The lowest BCUT2D eigenvalue weighted by atomic mass is 10.2. The van der Waals surface area contributed by atoms with Crippen molar-refractivity contribution in [2.75, 3.05) is 0 Å². The number of carbonyl (C=O) groups is 1. The number of halogens is 4. The van der Waals surface area contributed by atoms with E-state index in [-0.39, 0.29) is 17.1 Å². The Balaban J connectivity index is 2.32. The maximum atomic E-state index is 13.1. The van der Waals surface area contributed by atoms with E-state index in [0.29, 0.717) is 12.1 Å². The summed E-state index contributed by atoms with van der Waals surface area (Å²) < 4.78 is 55.9. The van der Waals surface area contributed by atoms with Gasteiger partial charge in [0.05, 0.1) is 11.1 Å². The van der Waals surface area contributed by atoms with Crippen molar-refractivity contribution in [1.82, 2.24) is 0 Å². The van der Waals surface area contributed by atoms with E-state index in [4.69, 9.17) is 9.84 Å². The van der Waals surface area contributed by atoms with E-state index in [1.807, 2.05) is 0 Å². The highest BCUT2D eigenvalue weighted by atomic mass is 19.4. The van der Waals surface area contributed by atoms with E-state index >= 15 is 0 Å². The Morgan fingerprint density at radius 1 is 1.05 bits per heavy atom. The Hall–Kier alpha value is -2.57. The van der Waals surface area contributed by atoms with Gasteiger partial charge >= 0.3 is 12.1 Å². The van der Waals surface area contributed by atoms with E-state index in [9.17, 15) is 22.4 Å². The van der Waals surface area contributed by atoms with Gasteiger partial charge in [-0.15, -0.1) is 0 Å². The molecule has 110 valence electrons. The topological polar surface area (TPSA) is 46.5 Å². The summed E-state index contributed by atoms with van der Waals surface area (Å²) in [5.74, 6) is -2.81. The second-order valence-electron chi connectivity index (χ2n) is 4.07. The van der Waals surface area contributed by atoms with Gasteiger partial charge in [0.25, 0.3) is 0 Å². The van der Waals surface area contributed by atoms with Gasteiger partial charge in [-0.25, -0.2) is 9.18 Å². The van der Waals surface area contributed by atoms with E-state index in [1.165, 1.54) is 18.2 Å². The number of hydrogen-bond donors (Lipinski definition) is 1. The lowest BCUT2D eigenvalue weighted by molar-refractivity contribution is -0.140. The highest BCUT2D eigenvalue weighted by Gasteiger charge is 2.34. The molecule has 2 aromatic rings. The summed E-state index contributed by atoms with van der Waals surface area (Å²) in [5, 5.41) is 8.81. The molecule has 0 atom stereocenters. The zero-order valence-corrected chi connectivity index (χ0v) is 10.3. The van der Waals surface area contributed by atoms with Gasteiger partial charge in [-0.05, 0) is 36.4 Å². The monoisotopic (exact) mass is 300 g/mol. The number of aromatic carboxylic acids is 1. The van der Waals surface area contributed by atoms with Gasteiger partial charge in [-0.1, -0.05) is 6.07 Å². The molecule has 0 aromatic heterocycles. The summed E-state index contributed by atoms with van der Waals surface area (Å²) in [6.07, 6.45) is -4.84. The van der Waals surface area contributed by atoms with Crippen molar-refractivity contribution in [3.8, 4) is 11.5 Å². The second-order valence-corrected chi connectivity index (χ2v) is 4.07. The predicted octanol–water partition coefficient (Wildman–Crippen LogP) is 4.34. The first-order chi connectivity index (χ1) is 9.77. The number of rotatable bonds is 3. The fourth-order valence-corrected chi connectivity index (χ4v) is 1.61. The Labute approximate surface area is 116 Å². The molecule has 2 rings (SSSR count). The third-order valence-corrected chi connectivity index (χ3v) is 2.56. The Bertz CT molecular complexity index is 680. The van der Waals surface area contributed by atoms with Crippen molar-refractivity contribution < 1.29 is 32.2 Å². The molecule has 3 nitrogen and oxygen atoms in total. The molecule has 0 aliphatic rings. The molecular weight excluding hydrogens is 292 g/mol. The van der Waals surface area contributed by atoms with Gasteiger partial charge in [0.15, 0.2) is 0 Å². The van der Waals surface area contributed by atoms with Crippen LogP contribution < -0.4 is 4.74 Å². The normalized spacial score (nSPS) is 11.2. The van der Waals surface area contributed by atoms with Crippen LogP contribution in [0, 0.1) is 5.82 Å². The predicted molar refractivity (Wildman–Crippen MR) is 64.9 cm³/mol. The highest BCUT2D eigenvalue weighted by Crippen LogP contribution is 2.34. The molecule has 21 heavy (non-hydrogen) atoms. The molecule has 7 heteroatoms. The molecule has 0 radical (unpaired) electrons. The van der Waals surface area contributed by atoms with Crippen LogP contribution in [0.4, 0.5) is 17.6 Å². The summed E-state index contributed by atoms with van der Waals surface area (Å²) in [5.41, 5.74) is -1.53. The minimum atomic E-state index is -4.84. The molecule has 0 bridgehead atoms. The second kappa shape index (κ2) is 5.43. The third-order valence-electron chi connectivity index (χ3n) is 2.56. The molecule has 0 saturated heterocycles. The van der Waals surface area contributed by atoms with Crippen molar-refractivity contribution >= 4 is 5.97 Å². The molecule has 0 aliphatic heterocycles. The first-order valence-electron chi connectivity index (χ1n) is 5.65. The van der Waals surface area contributed by atoms with E-state index in [0.717, 1.165) is 12.1 Å². The van der Waals surface area contributed by atoms with Crippen molar-refractivity contribution in [2.45, 2.75) is 6.18 Å². The van der Waals surface area contributed by atoms with Crippen LogP contribution in [0.5, 0.6) is 11.5 Å². The SMILES string of the molecule is O=C(O)c1cccc(Oc2ccc(F)c(C(F)(F)F)c2)c1. The average Bonchev–Trinajstić information content (AvgIpc) is 2.40. The van der Waals surface area contributed by atoms with Crippen molar-refractivity contribution in [2.24, 2.45) is 0 Å². The third kappa shape index (κ3) is 3.50. The summed E-state index contributed by atoms with van der Waals surface area (Å²) in [6.45, 7) is 0. The maximum absolute atomic E-state index is 13.1. The molecule has 0 amide bonds. The summed E-state index contributed by atoms with van der Waals surface area (Å²) in [4.78, 5) is 10.8. The van der Waals surface area contributed by atoms with Crippen molar-refractivity contribution in [1.29, 1.82) is 0 Å². The number of alkyl halides is 3. The zero-order chi connectivity index (χ0) is 15.6. The number of hydrogen-bond acceptors (Lipinski definition) is 2. The number of benzene rings is 2. The van der Waals surface area contributed by atoms with Crippen LogP contribution in [-0.4, -0.2) is 11.1 Å². The number of carboxylic acids is 1. The molecule has 0 aliphatic carbocycles. The van der Waals surface area contributed by atoms with Crippen LogP contribution in [0.25, 0.3) is 0 Å². The van der Waals surface area contributed by atoms with E-state index in [1.54, 1.807) is 0 Å².